The molecule has 0 aliphatic carbocycles. The maximum Gasteiger partial charge on any atom is 0.419 e. The molecule has 0 aliphatic heterocycles. The molecule has 178 valence electrons. The normalized spacial score (nSPS) is 13.2. The van der Waals surface area contributed by atoms with Crippen LogP contribution in [0.1, 0.15) is 12.0 Å². The molecule has 0 saturated heterocycles. The summed E-state index contributed by atoms with van der Waals surface area (Å²) < 4.78 is 74.1. The van der Waals surface area contributed by atoms with E-state index in [-0.39, 0.29) is 16.9 Å². The summed E-state index contributed by atoms with van der Waals surface area (Å²) in [6.07, 6.45) is -2.93. The number of carbonyl (C=O) groups is 1. The van der Waals surface area contributed by atoms with E-state index in [0.717, 1.165) is 18.2 Å². The number of amides is 1. The first-order valence-electron chi connectivity index (χ1n) is 9.52. The second kappa shape index (κ2) is 9.61. The van der Waals surface area contributed by atoms with Crippen LogP contribution in [0.25, 0.3) is 11.1 Å². The van der Waals surface area contributed by atoms with Crippen molar-refractivity contribution < 1.29 is 30.8 Å². The van der Waals surface area contributed by atoms with Crippen molar-refractivity contribution >= 4 is 44.5 Å². The molecule has 13 heteroatoms. The molecule has 33 heavy (non-hydrogen) atoms. The fourth-order valence-electron chi connectivity index (χ4n) is 3.08. The Hall–Kier alpha value is -2.77. The number of nitrogens with zero attached hydrogens (tertiary/aromatic N) is 1. The quantitative estimate of drug-likeness (QED) is 0.489. The summed E-state index contributed by atoms with van der Waals surface area (Å²) in [7, 11) is -2.81. The van der Waals surface area contributed by atoms with E-state index in [1.54, 1.807) is 6.26 Å². The zero-order valence-electron chi connectivity index (χ0n) is 17.5. The molecule has 2 N–H and O–H groups in total. The zero-order chi connectivity index (χ0) is 24.4. The van der Waals surface area contributed by atoms with E-state index >= 15 is 0 Å². The van der Waals surface area contributed by atoms with Gasteiger partial charge in [0.15, 0.2) is 5.58 Å². The van der Waals surface area contributed by atoms with Gasteiger partial charge in [0.2, 0.25) is 15.9 Å². The van der Waals surface area contributed by atoms with Crippen molar-refractivity contribution in [3.63, 3.8) is 0 Å². The Kier molecular flexibility index (Phi) is 7.24. The minimum absolute atomic E-state index is 0.0308. The number of rotatable bonds is 8. The van der Waals surface area contributed by atoms with E-state index in [4.69, 9.17) is 4.42 Å². The standard InChI is InChI=1S/C20H20F3N3O5S2/c1-26-16-8-7-12(11-17(16)31-19(26)28)33(29,30)25-15(9-10-32-2)18(27)24-14-6-4-3-5-13(14)20(21,22)23/h3-8,11,15,25H,9-10H2,1-2H3,(H,24,27). The summed E-state index contributed by atoms with van der Waals surface area (Å²) in [4.78, 5) is 24.2. The topological polar surface area (TPSA) is 110 Å². The molecule has 0 aliphatic rings. The molecular formula is C20H20F3N3O5S2. The first-order chi connectivity index (χ1) is 15.4. The number of hydrogen-bond acceptors (Lipinski definition) is 6. The van der Waals surface area contributed by atoms with Crippen LogP contribution in [-0.4, -0.2) is 36.9 Å². The van der Waals surface area contributed by atoms with Crippen molar-refractivity contribution in [3.8, 4) is 0 Å². The van der Waals surface area contributed by atoms with E-state index < -0.39 is 45.2 Å². The summed E-state index contributed by atoms with van der Waals surface area (Å²) >= 11 is 1.34. The molecule has 0 radical (unpaired) electrons. The summed E-state index contributed by atoms with van der Waals surface area (Å²) in [5.41, 5.74) is -1.11. The van der Waals surface area contributed by atoms with Gasteiger partial charge in [0.05, 0.1) is 21.7 Å². The van der Waals surface area contributed by atoms with Gasteiger partial charge in [-0.1, -0.05) is 12.1 Å². The molecule has 8 nitrogen and oxygen atoms in total. The molecule has 0 spiro atoms. The number of aromatic nitrogens is 1. The summed E-state index contributed by atoms with van der Waals surface area (Å²) in [6.45, 7) is 0. The van der Waals surface area contributed by atoms with Crippen LogP contribution >= 0.6 is 11.8 Å². The molecule has 0 bridgehead atoms. The number of alkyl halides is 3. The minimum Gasteiger partial charge on any atom is -0.408 e. The lowest BCUT2D eigenvalue weighted by Crippen LogP contribution is -2.44. The molecule has 1 atom stereocenters. The van der Waals surface area contributed by atoms with Crippen LogP contribution in [0.3, 0.4) is 0 Å². The van der Waals surface area contributed by atoms with Gasteiger partial charge in [0, 0.05) is 13.1 Å². The van der Waals surface area contributed by atoms with Crippen molar-refractivity contribution in [1.82, 2.24) is 9.29 Å². The lowest BCUT2D eigenvalue weighted by molar-refractivity contribution is -0.137. The molecule has 1 amide bonds. The van der Waals surface area contributed by atoms with Crippen LogP contribution in [-0.2, 0) is 28.0 Å². The Morgan fingerprint density at radius 2 is 1.91 bits per heavy atom. The lowest BCUT2D eigenvalue weighted by Gasteiger charge is -2.20. The first kappa shape index (κ1) is 24.9. The molecule has 3 aromatic rings. The number of nitrogens with one attached hydrogen (secondary N) is 2. The summed E-state index contributed by atoms with van der Waals surface area (Å²) in [5.74, 6) is -1.24. The molecular weight excluding hydrogens is 483 g/mol. The molecule has 2 aromatic carbocycles. The average molecular weight is 504 g/mol. The fraction of sp³-hybridized carbons (Fsp3) is 0.300. The smallest absolute Gasteiger partial charge is 0.408 e. The van der Waals surface area contributed by atoms with E-state index in [9.17, 15) is 31.2 Å². The van der Waals surface area contributed by atoms with Crippen molar-refractivity contribution in [2.45, 2.75) is 23.5 Å². The van der Waals surface area contributed by atoms with Gasteiger partial charge in [-0.3, -0.25) is 9.36 Å². The predicted molar refractivity (Wildman–Crippen MR) is 119 cm³/mol. The Morgan fingerprint density at radius 3 is 2.58 bits per heavy atom. The maximum absolute atomic E-state index is 13.3. The molecule has 1 heterocycles. The summed E-state index contributed by atoms with van der Waals surface area (Å²) in [6, 6.07) is 6.84. The molecule has 0 fully saturated rings. The molecule has 1 unspecified atom stereocenters. The van der Waals surface area contributed by atoms with Gasteiger partial charge in [0.25, 0.3) is 0 Å². The number of hydrogen-bond donors (Lipinski definition) is 2. The van der Waals surface area contributed by atoms with Gasteiger partial charge in [-0.05, 0) is 42.7 Å². The molecule has 0 saturated carbocycles. The number of thioether (sulfide) groups is 1. The van der Waals surface area contributed by atoms with Gasteiger partial charge < -0.3 is 9.73 Å². The highest BCUT2D eigenvalue weighted by molar-refractivity contribution is 7.98. The van der Waals surface area contributed by atoms with Gasteiger partial charge in [-0.25, -0.2) is 13.2 Å². The van der Waals surface area contributed by atoms with Crippen LogP contribution in [0.5, 0.6) is 0 Å². The Morgan fingerprint density at radius 1 is 1.21 bits per heavy atom. The zero-order valence-corrected chi connectivity index (χ0v) is 19.1. The molecule has 3 rings (SSSR count). The number of anilines is 1. The Balaban J connectivity index is 1.89. The van der Waals surface area contributed by atoms with Crippen LogP contribution in [0.15, 0.2) is 56.6 Å². The van der Waals surface area contributed by atoms with Gasteiger partial charge in [-0.2, -0.15) is 29.7 Å². The predicted octanol–water partition coefficient (Wildman–Crippen LogP) is 3.19. The third-order valence-electron chi connectivity index (χ3n) is 4.79. The van der Waals surface area contributed by atoms with Crippen LogP contribution in [0.4, 0.5) is 18.9 Å². The number of aryl methyl sites for hydroxylation is 1. The third-order valence-corrected chi connectivity index (χ3v) is 6.90. The highest BCUT2D eigenvalue weighted by atomic mass is 32.2. The van der Waals surface area contributed by atoms with Crippen molar-refractivity contribution in [2.24, 2.45) is 7.05 Å². The number of fused-ring (bicyclic) bond motifs is 1. The number of carbonyl (C=O) groups excluding carboxylic acids is 1. The van der Waals surface area contributed by atoms with Crippen LogP contribution < -0.4 is 15.8 Å². The highest BCUT2D eigenvalue weighted by Gasteiger charge is 2.34. The summed E-state index contributed by atoms with van der Waals surface area (Å²) in [5, 5.41) is 2.18. The van der Waals surface area contributed by atoms with Crippen molar-refractivity contribution in [1.29, 1.82) is 0 Å². The number of halogens is 3. The minimum atomic E-state index is -4.70. The van der Waals surface area contributed by atoms with Gasteiger partial charge in [0.1, 0.15) is 6.04 Å². The first-order valence-corrected chi connectivity index (χ1v) is 12.4. The van der Waals surface area contributed by atoms with Gasteiger partial charge in [-0.15, -0.1) is 0 Å². The van der Waals surface area contributed by atoms with Crippen molar-refractivity contribution in [2.75, 3.05) is 17.3 Å². The maximum atomic E-state index is 13.3. The third kappa shape index (κ3) is 5.60. The highest BCUT2D eigenvalue weighted by Crippen LogP contribution is 2.34. The Labute approximate surface area is 191 Å². The van der Waals surface area contributed by atoms with Crippen LogP contribution in [0, 0.1) is 0 Å². The van der Waals surface area contributed by atoms with Gasteiger partial charge >= 0.3 is 11.9 Å². The van der Waals surface area contributed by atoms with E-state index in [0.29, 0.717) is 11.3 Å². The van der Waals surface area contributed by atoms with Crippen molar-refractivity contribution in [3.05, 3.63) is 58.6 Å². The fourth-order valence-corrected chi connectivity index (χ4v) is 4.79. The number of para-hydroxylation sites is 1. The SMILES string of the molecule is CSCCC(NS(=O)(=O)c1ccc2c(c1)oc(=O)n2C)C(=O)Nc1ccccc1C(F)(F)F. The largest absolute Gasteiger partial charge is 0.419 e. The molecule has 1 aromatic heterocycles. The van der Waals surface area contributed by atoms with E-state index in [1.807, 2.05) is 0 Å². The monoisotopic (exact) mass is 503 g/mol. The van der Waals surface area contributed by atoms with E-state index in [2.05, 4.69) is 10.0 Å². The number of oxazole rings is 1. The second-order valence-electron chi connectivity index (χ2n) is 7.04. The van der Waals surface area contributed by atoms with Crippen LogP contribution in [0.2, 0.25) is 0 Å². The van der Waals surface area contributed by atoms with E-state index in [1.165, 1.54) is 47.6 Å². The lowest BCUT2D eigenvalue weighted by atomic mass is 10.1. The average Bonchev–Trinajstić information content (AvgIpc) is 3.03. The Bertz CT molecular complexity index is 1330. The number of sulfonamides is 1. The second-order valence-corrected chi connectivity index (χ2v) is 9.74. The number of benzene rings is 2.